The first-order valence-electron chi connectivity index (χ1n) is 10.6. The predicted octanol–water partition coefficient (Wildman–Crippen LogP) is 3.40. The molecule has 0 atom stereocenters. The van der Waals surface area contributed by atoms with Crippen LogP contribution >= 0.6 is 0 Å². The summed E-state index contributed by atoms with van der Waals surface area (Å²) in [4.78, 5) is 17.2. The van der Waals surface area contributed by atoms with E-state index in [9.17, 15) is 13.2 Å². The Labute approximate surface area is 192 Å². The molecule has 9 nitrogen and oxygen atoms in total. The maximum atomic E-state index is 13.4. The van der Waals surface area contributed by atoms with Gasteiger partial charge in [-0.05, 0) is 43.5 Å². The summed E-state index contributed by atoms with van der Waals surface area (Å²) >= 11 is 0. The topological polar surface area (TPSA) is 115 Å². The average molecular weight is 471 g/mol. The number of hydrogen-bond donors (Lipinski definition) is 1. The number of nitrogens with zero attached hydrogens (tertiary/aromatic N) is 3. The molecule has 0 unspecified atom stereocenters. The molecule has 0 bridgehead atoms. The largest absolute Gasteiger partial charge is 0.495 e. The third kappa shape index (κ3) is 4.76. The summed E-state index contributed by atoms with van der Waals surface area (Å²) in [6.45, 7) is 3.96. The Morgan fingerprint density at radius 1 is 1.15 bits per heavy atom. The number of aromatic nitrogens is 2. The minimum absolute atomic E-state index is 0.137. The van der Waals surface area contributed by atoms with E-state index in [-0.39, 0.29) is 29.8 Å². The van der Waals surface area contributed by atoms with Crippen molar-refractivity contribution < 1.29 is 22.5 Å². The summed E-state index contributed by atoms with van der Waals surface area (Å²) in [6.07, 6.45) is 0.867. The molecule has 0 spiro atoms. The van der Waals surface area contributed by atoms with Crippen LogP contribution in [0.5, 0.6) is 5.75 Å². The third-order valence-electron chi connectivity index (χ3n) is 5.78. The smallest absolute Gasteiger partial charge is 0.243 e. The van der Waals surface area contributed by atoms with Crippen LogP contribution in [-0.2, 0) is 14.8 Å². The lowest BCUT2D eigenvalue weighted by molar-refractivity contribution is -0.120. The van der Waals surface area contributed by atoms with Gasteiger partial charge in [0.1, 0.15) is 5.75 Å². The highest BCUT2D eigenvalue weighted by Gasteiger charge is 2.33. The van der Waals surface area contributed by atoms with Crippen molar-refractivity contribution in [2.45, 2.75) is 31.6 Å². The van der Waals surface area contributed by atoms with E-state index in [0.717, 1.165) is 0 Å². The Kier molecular flexibility index (Phi) is 6.48. The molecule has 0 saturated carbocycles. The van der Waals surface area contributed by atoms with Gasteiger partial charge in [-0.3, -0.25) is 4.79 Å². The van der Waals surface area contributed by atoms with Crippen molar-refractivity contribution in [1.82, 2.24) is 14.4 Å². The highest BCUT2D eigenvalue weighted by atomic mass is 32.2. The molecule has 33 heavy (non-hydrogen) atoms. The zero-order valence-electron chi connectivity index (χ0n) is 18.7. The van der Waals surface area contributed by atoms with Crippen molar-refractivity contribution in [2.24, 2.45) is 5.92 Å². The van der Waals surface area contributed by atoms with Crippen molar-refractivity contribution in [3.05, 3.63) is 53.9 Å². The van der Waals surface area contributed by atoms with Crippen LogP contribution in [0.15, 0.2) is 51.9 Å². The molecule has 2 aromatic carbocycles. The van der Waals surface area contributed by atoms with Crippen LogP contribution < -0.4 is 10.1 Å². The molecule has 174 valence electrons. The number of ether oxygens (including phenoxy) is 1. The van der Waals surface area contributed by atoms with Gasteiger partial charge in [-0.15, -0.1) is 0 Å². The predicted molar refractivity (Wildman–Crippen MR) is 122 cm³/mol. The van der Waals surface area contributed by atoms with Gasteiger partial charge in [-0.2, -0.15) is 9.29 Å². The number of piperidine rings is 1. The molecular formula is C23H26N4O5S. The van der Waals surface area contributed by atoms with Crippen molar-refractivity contribution in [3.63, 3.8) is 0 Å². The summed E-state index contributed by atoms with van der Waals surface area (Å²) < 4.78 is 38.5. The Morgan fingerprint density at radius 2 is 1.88 bits per heavy atom. The molecule has 0 radical (unpaired) electrons. The Bertz CT molecular complexity index is 1260. The molecular weight excluding hydrogens is 444 g/mol. The van der Waals surface area contributed by atoms with Crippen LogP contribution in [0.3, 0.4) is 0 Å². The summed E-state index contributed by atoms with van der Waals surface area (Å²) in [5, 5.41) is 6.78. The Morgan fingerprint density at radius 3 is 2.55 bits per heavy atom. The van der Waals surface area contributed by atoms with Crippen LogP contribution in [0.25, 0.3) is 11.4 Å². The average Bonchev–Trinajstić information content (AvgIpc) is 3.26. The lowest BCUT2D eigenvalue weighted by Crippen LogP contribution is -2.41. The molecule has 1 amide bonds. The van der Waals surface area contributed by atoms with Crippen molar-refractivity contribution in [3.8, 4) is 17.1 Å². The van der Waals surface area contributed by atoms with Crippen LogP contribution in [0.2, 0.25) is 0 Å². The van der Waals surface area contributed by atoms with Gasteiger partial charge >= 0.3 is 0 Å². The van der Waals surface area contributed by atoms with Gasteiger partial charge in [0, 0.05) is 31.5 Å². The van der Waals surface area contributed by atoms with Crippen LogP contribution in [0.4, 0.5) is 5.69 Å². The number of benzene rings is 2. The minimum atomic E-state index is -3.74. The van der Waals surface area contributed by atoms with E-state index < -0.39 is 10.0 Å². The molecule has 0 aliphatic carbocycles. The SMILES string of the molecule is COc1ccccc1NC(=O)C1CCN(S(=O)(=O)c2cc(-c3noc(C)n3)ccc2C)CC1. The number of nitrogens with one attached hydrogen (secondary N) is 1. The molecule has 1 saturated heterocycles. The van der Waals surface area contributed by atoms with Gasteiger partial charge in [0.15, 0.2) is 0 Å². The van der Waals surface area contributed by atoms with E-state index in [0.29, 0.717) is 47.1 Å². The van der Waals surface area contributed by atoms with E-state index >= 15 is 0 Å². The van der Waals surface area contributed by atoms with Gasteiger partial charge in [-0.25, -0.2) is 8.42 Å². The number of hydrogen-bond acceptors (Lipinski definition) is 7. The fourth-order valence-corrected chi connectivity index (χ4v) is 5.63. The van der Waals surface area contributed by atoms with Gasteiger partial charge < -0.3 is 14.6 Å². The fraction of sp³-hybridized carbons (Fsp3) is 0.348. The van der Waals surface area contributed by atoms with Crippen molar-refractivity contribution >= 4 is 21.6 Å². The quantitative estimate of drug-likeness (QED) is 0.587. The molecule has 10 heteroatoms. The minimum Gasteiger partial charge on any atom is -0.495 e. The monoisotopic (exact) mass is 470 g/mol. The zero-order valence-corrected chi connectivity index (χ0v) is 19.6. The Balaban J connectivity index is 1.46. The van der Waals surface area contributed by atoms with Crippen molar-refractivity contribution in [1.29, 1.82) is 0 Å². The van der Waals surface area contributed by atoms with E-state index in [1.165, 1.54) is 4.31 Å². The highest BCUT2D eigenvalue weighted by Crippen LogP contribution is 2.30. The highest BCUT2D eigenvalue weighted by molar-refractivity contribution is 7.89. The summed E-state index contributed by atoms with van der Waals surface area (Å²) in [6, 6.07) is 12.3. The number of anilines is 1. The number of methoxy groups -OCH3 is 1. The molecule has 2 heterocycles. The van der Waals surface area contributed by atoms with Crippen LogP contribution in [0, 0.1) is 19.8 Å². The van der Waals surface area contributed by atoms with Crippen LogP contribution in [-0.4, -0.2) is 49.0 Å². The first-order chi connectivity index (χ1) is 15.8. The number of carbonyl (C=O) groups is 1. The molecule has 3 aromatic rings. The van der Waals surface area contributed by atoms with Crippen LogP contribution in [0.1, 0.15) is 24.3 Å². The van der Waals surface area contributed by atoms with Crippen molar-refractivity contribution in [2.75, 3.05) is 25.5 Å². The van der Waals surface area contributed by atoms with E-state index in [1.54, 1.807) is 51.3 Å². The second-order valence-corrected chi connectivity index (χ2v) is 9.89. The molecule has 1 aliphatic rings. The number of amides is 1. The first-order valence-corrected chi connectivity index (χ1v) is 12.1. The standard InChI is InChI=1S/C23H26N4O5S/c1-15-8-9-18(22-24-16(2)32-26-22)14-21(15)33(29,30)27-12-10-17(11-13-27)23(28)25-19-6-4-5-7-20(19)31-3/h4-9,14,17H,10-13H2,1-3H3,(H,25,28). The number of carbonyl (C=O) groups excluding carboxylic acids is 1. The van der Waals surface area contributed by atoms with E-state index in [1.807, 2.05) is 12.1 Å². The maximum absolute atomic E-state index is 13.4. The van der Waals surface area contributed by atoms with E-state index in [2.05, 4.69) is 15.5 Å². The molecule has 4 rings (SSSR count). The van der Waals surface area contributed by atoms with Gasteiger partial charge in [0.25, 0.3) is 0 Å². The summed E-state index contributed by atoms with van der Waals surface area (Å²) in [5.74, 6) is 0.912. The summed E-state index contributed by atoms with van der Waals surface area (Å²) in [7, 11) is -2.19. The third-order valence-corrected chi connectivity index (χ3v) is 7.82. The van der Waals surface area contributed by atoms with E-state index in [4.69, 9.17) is 9.26 Å². The maximum Gasteiger partial charge on any atom is 0.243 e. The first kappa shape index (κ1) is 22.9. The number of rotatable bonds is 6. The molecule has 1 aromatic heterocycles. The van der Waals surface area contributed by atoms with Gasteiger partial charge in [0.2, 0.25) is 27.6 Å². The molecule has 1 fully saturated rings. The molecule has 1 N–H and O–H groups in total. The number of para-hydroxylation sites is 2. The summed E-state index contributed by atoms with van der Waals surface area (Å²) in [5.41, 5.74) is 1.81. The second-order valence-electron chi connectivity index (χ2n) is 7.99. The second kappa shape index (κ2) is 9.32. The number of aryl methyl sites for hydroxylation is 2. The lowest BCUT2D eigenvalue weighted by Gasteiger charge is -2.31. The van der Waals surface area contributed by atoms with Gasteiger partial charge in [0.05, 0.1) is 17.7 Å². The Hall–Kier alpha value is -3.24. The number of sulfonamides is 1. The van der Waals surface area contributed by atoms with Gasteiger partial charge in [-0.1, -0.05) is 29.4 Å². The molecule has 1 aliphatic heterocycles. The lowest BCUT2D eigenvalue weighted by atomic mass is 9.97. The normalized spacial score (nSPS) is 15.4. The fourth-order valence-electron chi connectivity index (χ4n) is 3.91. The zero-order chi connectivity index (χ0) is 23.6.